The first kappa shape index (κ1) is 89.5. The summed E-state index contributed by atoms with van der Waals surface area (Å²) < 4.78 is 2.71. The zero-order chi connectivity index (χ0) is 76.4. The van der Waals surface area contributed by atoms with Crippen molar-refractivity contribution in [2.24, 2.45) is 47.3 Å². The Morgan fingerprint density at radius 2 is 0.514 bits per heavy atom. The molecule has 1 aromatic carbocycles. The number of rotatable bonds is 63. The van der Waals surface area contributed by atoms with Gasteiger partial charge in [0.2, 0.25) is 0 Å². The molecule has 0 bridgehead atoms. The lowest BCUT2D eigenvalue weighted by Gasteiger charge is -2.44. The first-order valence-corrected chi connectivity index (χ1v) is 46.2. The number of unbranched alkanes of at least 4 members (excludes halogenated alkanes) is 36. The van der Waals surface area contributed by atoms with E-state index in [2.05, 4.69) is 41.5 Å². The van der Waals surface area contributed by atoms with Crippen molar-refractivity contribution in [3.63, 3.8) is 0 Å². The Hall–Kier alpha value is -4.74. The summed E-state index contributed by atoms with van der Waals surface area (Å²) in [7, 11) is 0. The molecule has 0 spiro atoms. The highest BCUT2D eigenvalue weighted by molar-refractivity contribution is 6.14. The van der Waals surface area contributed by atoms with E-state index in [1.807, 2.05) is 0 Å². The molecule has 4 aliphatic rings. The third-order valence-electron chi connectivity index (χ3n) is 27.2. The van der Waals surface area contributed by atoms with E-state index in [9.17, 15) is 38.4 Å². The van der Waals surface area contributed by atoms with Crippen LogP contribution in [0.3, 0.4) is 0 Å². The van der Waals surface area contributed by atoms with Crippen molar-refractivity contribution in [2.45, 2.75) is 439 Å². The summed E-state index contributed by atoms with van der Waals surface area (Å²) >= 11 is 0. The monoisotopic (exact) mass is 1480 g/mol. The molecule has 4 amide bonds. The molecule has 2 saturated carbocycles. The maximum atomic E-state index is 13.9. The van der Waals surface area contributed by atoms with E-state index in [0.29, 0.717) is 19.6 Å². The molecule has 2 fully saturated rings. The second-order valence-corrected chi connectivity index (χ2v) is 35.3. The number of hydrogen-bond donors (Lipinski definition) is 0. The molecule has 604 valence electrons. The molecule has 12 heteroatoms. The lowest BCUT2D eigenvalue weighted by molar-refractivity contribution is -0.144. The van der Waals surface area contributed by atoms with Gasteiger partial charge in [0, 0.05) is 49.5 Å². The van der Waals surface area contributed by atoms with Gasteiger partial charge in [-0.15, -0.1) is 0 Å². The van der Waals surface area contributed by atoms with E-state index in [-0.39, 0.29) is 67.4 Å². The molecule has 0 N–H and O–H groups in total. The second-order valence-electron chi connectivity index (χ2n) is 35.3. The van der Waals surface area contributed by atoms with Crippen LogP contribution in [-0.4, -0.2) is 54.6 Å². The number of amides is 4. The largest absolute Gasteiger partial charge is 0.275 e. The van der Waals surface area contributed by atoms with E-state index >= 15 is 0 Å². The van der Waals surface area contributed by atoms with E-state index in [4.69, 9.17) is 0 Å². The van der Waals surface area contributed by atoms with Gasteiger partial charge in [-0.25, -0.2) is 0 Å². The zero-order valence-corrected chi connectivity index (χ0v) is 69.5. The van der Waals surface area contributed by atoms with Gasteiger partial charge < -0.3 is 0 Å². The highest BCUT2D eigenvalue weighted by atomic mass is 16.2. The summed E-state index contributed by atoms with van der Waals surface area (Å²) in [4.78, 5) is 108. The third kappa shape index (κ3) is 28.8. The number of fused-ring (bicyclic) bond motifs is 2. The molecule has 7 rings (SSSR count). The molecule has 107 heavy (non-hydrogen) atoms. The number of carbonyl (C=O) groups is 4. The molecule has 0 saturated heterocycles. The van der Waals surface area contributed by atoms with Crippen LogP contribution in [0.5, 0.6) is 0 Å². The van der Waals surface area contributed by atoms with Crippen LogP contribution in [0.25, 0.3) is 21.5 Å². The van der Waals surface area contributed by atoms with Gasteiger partial charge in [0.15, 0.2) is 0 Å². The summed E-state index contributed by atoms with van der Waals surface area (Å²) in [6.45, 7) is 14.8. The van der Waals surface area contributed by atoms with Crippen LogP contribution in [0.15, 0.2) is 55.6 Å². The molecule has 2 aliphatic carbocycles. The topological polar surface area (TPSA) is 153 Å². The zero-order valence-electron chi connectivity index (χ0n) is 69.5. The second kappa shape index (κ2) is 51.0. The molecule has 2 aliphatic heterocycles. The van der Waals surface area contributed by atoms with Crippen LogP contribution in [0.2, 0.25) is 0 Å². The standard InChI is InChI=1S/C95H156N4O8/c1-7-12-16-20-32-44-56-79-75(52-40-18-14-9-3)60-62-77(54-42-30-22-26-36-48-69-95(6,68-11-5)99-89(102)66-67-90(99)103)81(79)59-47-35-25-29-39-51-72-98-93(106)85-73-83-84(74-86(85)94(98)107)92(105)97(91(83)104)71-50-38-27-23-31-43-55-78-63-61-76(53-41-19-15-10-4)80(57-45-33-21-17-13-8-2)82(78)58-46-34-24-28-37-49-70-96-87(100)64-65-88(96)101/h64-67,73-82H,7-63,68-72H2,1-6H3. The fourth-order valence-corrected chi connectivity index (χ4v) is 21.0. The van der Waals surface area contributed by atoms with Crippen LogP contribution in [-0.2, 0) is 32.3 Å². The summed E-state index contributed by atoms with van der Waals surface area (Å²) in [5, 5.41) is 1.03. The average molecular weight is 1480 g/mol. The van der Waals surface area contributed by atoms with Crippen LogP contribution < -0.4 is 22.2 Å². The van der Waals surface area contributed by atoms with Gasteiger partial charge >= 0.3 is 0 Å². The minimum absolute atomic E-state index is 0.154. The maximum absolute atomic E-state index is 13.9. The molecule has 2 aromatic heterocycles. The fraction of sp³-hybridized carbons (Fsp3) is 0.811. The molecular weight excluding hydrogens is 1330 g/mol. The summed E-state index contributed by atoms with van der Waals surface area (Å²) in [6.07, 6.45) is 79.1. The SMILES string of the molecule is CCCCCCCCC1C(CCCCCC)CCC(CCCCCCCCn2c(=O)c3cc4c(=O)n(CCCCCCCCC5C(CCCCCCCCC(C)(CCC)N6C(=O)C=CC6=O)CCC(CCCCCC)C5CCCCCCCC)c(=O)c4cc3c2=O)C1CCCCCCCCN1C(=O)C=CC1=O. The lowest BCUT2D eigenvalue weighted by atomic mass is 9.61. The fourth-order valence-electron chi connectivity index (χ4n) is 21.0. The molecule has 4 heterocycles. The lowest BCUT2D eigenvalue weighted by Crippen LogP contribution is -2.49. The number of hydrogen-bond acceptors (Lipinski definition) is 8. The van der Waals surface area contributed by atoms with Crippen molar-refractivity contribution in [1.29, 1.82) is 0 Å². The van der Waals surface area contributed by atoms with E-state index in [1.165, 1.54) is 319 Å². The van der Waals surface area contributed by atoms with Crippen LogP contribution in [0, 0.1) is 47.3 Å². The highest BCUT2D eigenvalue weighted by Gasteiger charge is 2.41. The minimum Gasteiger partial charge on any atom is -0.275 e. The summed E-state index contributed by atoms with van der Waals surface area (Å²) in [5.41, 5.74) is -1.78. The van der Waals surface area contributed by atoms with Crippen LogP contribution in [0.4, 0.5) is 0 Å². The summed E-state index contributed by atoms with van der Waals surface area (Å²) in [5.74, 6) is 6.06. The normalized spacial score (nSPS) is 21.1. The number of carbonyl (C=O) groups excluding carboxylic acids is 4. The number of nitrogens with zero attached hydrogens (tertiary/aromatic N) is 4. The van der Waals surface area contributed by atoms with Crippen LogP contribution in [0.1, 0.15) is 420 Å². The first-order chi connectivity index (χ1) is 52.2. The summed E-state index contributed by atoms with van der Waals surface area (Å²) in [6, 6.07) is 3.09. The average Bonchev–Trinajstić information content (AvgIpc) is 1.59. The van der Waals surface area contributed by atoms with Gasteiger partial charge in [0.05, 0.1) is 21.5 Å². The Morgan fingerprint density at radius 1 is 0.271 bits per heavy atom. The van der Waals surface area contributed by atoms with Gasteiger partial charge in [0.1, 0.15) is 0 Å². The van der Waals surface area contributed by atoms with Crippen molar-refractivity contribution in [3.8, 4) is 0 Å². The van der Waals surface area contributed by atoms with Crippen LogP contribution >= 0.6 is 0 Å². The van der Waals surface area contributed by atoms with E-state index in [1.54, 1.807) is 12.1 Å². The van der Waals surface area contributed by atoms with Crippen molar-refractivity contribution in [2.75, 3.05) is 6.54 Å². The predicted octanol–water partition coefficient (Wildman–Crippen LogP) is 24.6. The van der Waals surface area contributed by atoms with Crippen molar-refractivity contribution in [3.05, 3.63) is 77.9 Å². The smallest absolute Gasteiger partial charge is 0.261 e. The highest BCUT2D eigenvalue weighted by Crippen LogP contribution is 2.50. The Balaban J connectivity index is 0.848. The third-order valence-corrected chi connectivity index (χ3v) is 27.2. The Morgan fingerprint density at radius 3 is 0.813 bits per heavy atom. The van der Waals surface area contributed by atoms with Gasteiger partial charge in [0.25, 0.3) is 45.9 Å². The number of aromatic nitrogens is 2. The van der Waals surface area contributed by atoms with Gasteiger partial charge in [-0.1, -0.05) is 330 Å². The molecular formula is C95H156N4O8. The molecule has 9 unspecified atom stereocenters. The minimum atomic E-state index is -0.400. The Labute approximate surface area is 650 Å². The molecule has 9 atom stereocenters. The number of imide groups is 2. The molecule has 3 aromatic rings. The van der Waals surface area contributed by atoms with Crippen molar-refractivity contribution in [1.82, 2.24) is 18.9 Å². The van der Waals surface area contributed by atoms with E-state index in [0.717, 1.165) is 150 Å². The van der Waals surface area contributed by atoms with E-state index < -0.39 is 5.54 Å². The first-order valence-electron chi connectivity index (χ1n) is 46.2. The molecule has 12 nitrogen and oxygen atoms in total. The quantitative estimate of drug-likeness (QED) is 0.0400. The predicted molar refractivity (Wildman–Crippen MR) is 449 cm³/mol. The van der Waals surface area contributed by atoms with Crippen molar-refractivity contribution < 1.29 is 19.2 Å². The number of benzene rings is 1. The van der Waals surface area contributed by atoms with Crippen molar-refractivity contribution >= 4 is 45.2 Å². The Kier molecular flexibility index (Phi) is 42.6. The molecule has 0 radical (unpaired) electrons. The van der Waals surface area contributed by atoms with Gasteiger partial charge in [-0.05, 0) is 150 Å². The Bertz CT molecular complexity index is 3190. The maximum Gasteiger partial charge on any atom is 0.261 e. The van der Waals surface area contributed by atoms with Gasteiger partial charge in [-0.2, -0.15) is 0 Å². The van der Waals surface area contributed by atoms with Gasteiger partial charge in [-0.3, -0.25) is 57.3 Å².